The molecule has 0 aliphatic heterocycles. The van der Waals surface area contributed by atoms with Gasteiger partial charge in [-0.05, 0) is 55.8 Å². The molecule has 3 rings (SSSR count). The molecule has 0 radical (unpaired) electrons. The van der Waals surface area contributed by atoms with E-state index in [1.54, 1.807) is 43.3 Å². The molecule has 0 unspecified atom stereocenters. The van der Waals surface area contributed by atoms with Gasteiger partial charge in [0.15, 0.2) is 0 Å². The molecule has 0 fully saturated rings. The van der Waals surface area contributed by atoms with Gasteiger partial charge in [0, 0.05) is 0 Å². The van der Waals surface area contributed by atoms with Gasteiger partial charge in [0.25, 0.3) is 10.0 Å². The molecule has 30 heavy (non-hydrogen) atoms. The van der Waals surface area contributed by atoms with Crippen molar-refractivity contribution in [2.45, 2.75) is 18.7 Å². The van der Waals surface area contributed by atoms with Crippen LogP contribution in [0.4, 0.5) is 20.2 Å². The predicted octanol–water partition coefficient (Wildman–Crippen LogP) is 4.42. The van der Waals surface area contributed by atoms with Crippen molar-refractivity contribution < 1.29 is 22.0 Å². The molecule has 0 heterocycles. The summed E-state index contributed by atoms with van der Waals surface area (Å²) < 4.78 is 55.2. The van der Waals surface area contributed by atoms with Crippen molar-refractivity contribution >= 4 is 27.3 Å². The lowest BCUT2D eigenvalue weighted by atomic mass is 10.2. The minimum atomic E-state index is -4.11. The second-order valence-electron chi connectivity index (χ2n) is 6.81. The first-order valence-electron chi connectivity index (χ1n) is 9.08. The van der Waals surface area contributed by atoms with Crippen LogP contribution in [0.2, 0.25) is 0 Å². The van der Waals surface area contributed by atoms with Gasteiger partial charge in [-0.15, -0.1) is 0 Å². The molecule has 1 amide bonds. The van der Waals surface area contributed by atoms with Crippen molar-refractivity contribution in [3.8, 4) is 0 Å². The maximum atomic E-state index is 13.9. The van der Waals surface area contributed by atoms with E-state index in [4.69, 9.17) is 0 Å². The van der Waals surface area contributed by atoms with Crippen LogP contribution in [0.3, 0.4) is 0 Å². The Kier molecular flexibility index (Phi) is 6.17. The van der Waals surface area contributed by atoms with Gasteiger partial charge in [0.1, 0.15) is 23.9 Å². The van der Waals surface area contributed by atoms with Crippen molar-refractivity contribution in [3.63, 3.8) is 0 Å². The lowest BCUT2D eigenvalue weighted by molar-refractivity contribution is -0.114. The minimum Gasteiger partial charge on any atom is -0.320 e. The summed E-state index contributed by atoms with van der Waals surface area (Å²) in [6.45, 7) is 2.95. The number of benzene rings is 3. The number of rotatable bonds is 6. The molecule has 0 saturated heterocycles. The van der Waals surface area contributed by atoms with Gasteiger partial charge >= 0.3 is 0 Å². The first-order chi connectivity index (χ1) is 14.2. The molecule has 0 aliphatic carbocycles. The van der Waals surface area contributed by atoms with Crippen LogP contribution in [0.15, 0.2) is 71.6 Å². The molecule has 8 heteroatoms. The number of anilines is 2. The summed E-state index contributed by atoms with van der Waals surface area (Å²) in [4.78, 5) is 12.6. The molecular weight excluding hydrogens is 410 g/mol. The quantitative estimate of drug-likeness (QED) is 0.630. The summed E-state index contributed by atoms with van der Waals surface area (Å²) in [7, 11) is -4.11. The van der Waals surface area contributed by atoms with Crippen molar-refractivity contribution in [1.82, 2.24) is 0 Å². The topological polar surface area (TPSA) is 66.5 Å². The van der Waals surface area contributed by atoms with Gasteiger partial charge in [-0.1, -0.05) is 35.9 Å². The van der Waals surface area contributed by atoms with Gasteiger partial charge in [0.05, 0.1) is 10.6 Å². The fourth-order valence-corrected chi connectivity index (χ4v) is 4.28. The van der Waals surface area contributed by atoms with Crippen LogP contribution in [0.1, 0.15) is 11.1 Å². The molecule has 0 saturated carbocycles. The van der Waals surface area contributed by atoms with E-state index in [1.807, 2.05) is 6.92 Å². The van der Waals surface area contributed by atoms with Crippen LogP contribution in [0, 0.1) is 25.5 Å². The minimum absolute atomic E-state index is 0.000483. The average molecular weight is 430 g/mol. The number of carbonyl (C=O) groups is 1. The van der Waals surface area contributed by atoms with Crippen molar-refractivity contribution in [2.24, 2.45) is 0 Å². The molecule has 0 aliphatic rings. The van der Waals surface area contributed by atoms with Crippen molar-refractivity contribution in [2.75, 3.05) is 16.2 Å². The zero-order valence-electron chi connectivity index (χ0n) is 16.4. The summed E-state index contributed by atoms with van der Waals surface area (Å²) in [6, 6.07) is 16.0. The zero-order valence-corrected chi connectivity index (χ0v) is 17.2. The number of nitrogens with one attached hydrogen (secondary N) is 1. The fraction of sp³-hybridized carbons (Fsp3) is 0.136. The van der Waals surface area contributed by atoms with Gasteiger partial charge in [0.2, 0.25) is 5.91 Å². The lowest BCUT2D eigenvalue weighted by Crippen LogP contribution is -2.38. The Hall–Kier alpha value is -3.26. The van der Waals surface area contributed by atoms with E-state index in [9.17, 15) is 22.0 Å². The third-order valence-electron chi connectivity index (χ3n) is 4.41. The summed E-state index contributed by atoms with van der Waals surface area (Å²) in [5.41, 5.74) is 1.31. The highest BCUT2D eigenvalue weighted by Gasteiger charge is 2.28. The lowest BCUT2D eigenvalue weighted by Gasteiger charge is -2.24. The van der Waals surface area contributed by atoms with Gasteiger partial charge < -0.3 is 5.32 Å². The number of sulfonamides is 1. The number of nitrogens with zero attached hydrogens (tertiary/aromatic N) is 1. The SMILES string of the molecule is Cc1ccc(S(=O)(=O)N(CC(=O)Nc2c(F)cccc2F)c2cccc(C)c2)cc1. The molecule has 5 nitrogen and oxygen atoms in total. The monoisotopic (exact) mass is 430 g/mol. The Balaban J connectivity index is 1.98. The van der Waals surface area contributed by atoms with Crippen LogP contribution >= 0.6 is 0 Å². The van der Waals surface area contributed by atoms with Crippen LogP contribution in [-0.2, 0) is 14.8 Å². The molecule has 3 aromatic rings. The van der Waals surface area contributed by atoms with Gasteiger partial charge in [-0.2, -0.15) is 0 Å². The first kappa shape index (κ1) is 21.4. The molecule has 0 bridgehead atoms. The number of aryl methyl sites for hydroxylation is 2. The zero-order chi connectivity index (χ0) is 21.9. The van der Waals surface area contributed by atoms with E-state index in [1.165, 1.54) is 18.2 Å². The summed E-state index contributed by atoms with van der Waals surface area (Å²) in [5, 5.41) is 2.13. The second kappa shape index (κ2) is 8.62. The molecule has 3 aromatic carbocycles. The van der Waals surface area contributed by atoms with E-state index in [0.29, 0.717) is 0 Å². The Morgan fingerprint density at radius 3 is 2.10 bits per heavy atom. The molecular formula is C22H20F2N2O3S. The van der Waals surface area contributed by atoms with Crippen LogP contribution in [0.25, 0.3) is 0 Å². The standard InChI is InChI=1S/C22H20F2N2O3S/c1-15-9-11-18(12-10-15)30(28,29)26(17-6-3-5-16(2)13-17)14-21(27)25-22-19(23)7-4-8-20(22)24/h3-13H,14H2,1-2H3,(H,25,27). The highest BCUT2D eigenvalue weighted by Crippen LogP contribution is 2.25. The third kappa shape index (κ3) is 4.65. The number of halogens is 2. The second-order valence-corrected chi connectivity index (χ2v) is 8.67. The fourth-order valence-electron chi connectivity index (χ4n) is 2.86. The van der Waals surface area contributed by atoms with Crippen molar-refractivity contribution in [1.29, 1.82) is 0 Å². The molecule has 156 valence electrons. The van der Waals surface area contributed by atoms with Crippen molar-refractivity contribution in [3.05, 3.63) is 89.5 Å². The Morgan fingerprint density at radius 2 is 1.50 bits per heavy atom. The highest BCUT2D eigenvalue weighted by molar-refractivity contribution is 7.92. The van der Waals surface area contributed by atoms with E-state index in [-0.39, 0.29) is 10.6 Å². The Morgan fingerprint density at radius 1 is 0.900 bits per heavy atom. The summed E-state index contributed by atoms with van der Waals surface area (Å²) in [5.74, 6) is -2.78. The van der Waals surface area contributed by atoms with Gasteiger partial charge in [-0.3, -0.25) is 9.10 Å². The number of para-hydroxylation sites is 1. The van der Waals surface area contributed by atoms with Crippen LogP contribution in [-0.4, -0.2) is 20.9 Å². The Labute approximate surface area is 174 Å². The number of carbonyl (C=O) groups excluding carboxylic acids is 1. The average Bonchev–Trinajstić information content (AvgIpc) is 2.69. The highest BCUT2D eigenvalue weighted by atomic mass is 32.2. The summed E-state index contributed by atoms with van der Waals surface area (Å²) >= 11 is 0. The van der Waals surface area contributed by atoms with E-state index in [2.05, 4.69) is 5.32 Å². The molecule has 1 N–H and O–H groups in total. The van der Waals surface area contributed by atoms with Crippen LogP contribution in [0.5, 0.6) is 0 Å². The van der Waals surface area contributed by atoms with Gasteiger partial charge in [-0.25, -0.2) is 17.2 Å². The molecule has 0 aromatic heterocycles. The first-order valence-corrected chi connectivity index (χ1v) is 10.5. The van der Waals surface area contributed by atoms with E-state index >= 15 is 0 Å². The van der Waals surface area contributed by atoms with Crippen LogP contribution < -0.4 is 9.62 Å². The largest absolute Gasteiger partial charge is 0.320 e. The third-order valence-corrected chi connectivity index (χ3v) is 6.20. The number of hydrogen-bond acceptors (Lipinski definition) is 3. The summed E-state index contributed by atoms with van der Waals surface area (Å²) in [6.07, 6.45) is 0. The predicted molar refractivity (Wildman–Crippen MR) is 112 cm³/mol. The van der Waals surface area contributed by atoms with E-state index in [0.717, 1.165) is 27.6 Å². The smallest absolute Gasteiger partial charge is 0.264 e. The van der Waals surface area contributed by atoms with E-state index < -0.39 is 39.8 Å². The number of hydrogen-bond donors (Lipinski definition) is 1. The number of amides is 1. The maximum absolute atomic E-state index is 13.9. The molecule has 0 spiro atoms. The normalized spacial score (nSPS) is 11.2. The Bertz CT molecular complexity index is 1160. The molecule has 0 atom stereocenters. The maximum Gasteiger partial charge on any atom is 0.264 e.